The lowest BCUT2D eigenvalue weighted by molar-refractivity contribution is 0.0946. The van der Waals surface area contributed by atoms with E-state index in [1.54, 1.807) is 24.3 Å². The Morgan fingerprint density at radius 2 is 2.00 bits per heavy atom. The molecule has 2 aromatic rings. The summed E-state index contributed by atoms with van der Waals surface area (Å²) in [7, 11) is 0. The van der Waals surface area contributed by atoms with Gasteiger partial charge in [0.2, 0.25) is 0 Å². The first-order chi connectivity index (χ1) is 13.0. The second-order valence-corrected chi connectivity index (χ2v) is 6.69. The number of anilines is 1. The summed E-state index contributed by atoms with van der Waals surface area (Å²) in [5, 5.41) is 5.63. The first-order valence-electron chi connectivity index (χ1n) is 9.31. The minimum absolute atomic E-state index is 0.0702. The van der Waals surface area contributed by atoms with Crippen LogP contribution >= 0.6 is 0 Å². The third-order valence-corrected chi connectivity index (χ3v) is 4.60. The maximum absolute atomic E-state index is 12.8. The van der Waals surface area contributed by atoms with E-state index in [9.17, 15) is 14.4 Å². The van der Waals surface area contributed by atoms with Gasteiger partial charge in [-0.05, 0) is 44.7 Å². The molecular weight excluding hydrogens is 344 g/mol. The van der Waals surface area contributed by atoms with Gasteiger partial charge in [-0.1, -0.05) is 19.1 Å². The van der Waals surface area contributed by atoms with Crippen LogP contribution in [0.3, 0.4) is 0 Å². The predicted octanol–water partition coefficient (Wildman–Crippen LogP) is 2.81. The molecule has 27 heavy (non-hydrogen) atoms. The number of nitrogens with one attached hydrogen (secondary N) is 2. The van der Waals surface area contributed by atoms with Crippen molar-refractivity contribution in [3.05, 3.63) is 47.0 Å². The Bertz CT molecular complexity index is 885. The lowest BCUT2D eigenvalue weighted by Gasteiger charge is -2.17. The summed E-state index contributed by atoms with van der Waals surface area (Å²) in [5.74, 6) is -0.452. The molecule has 1 aromatic carbocycles. The van der Waals surface area contributed by atoms with Crippen molar-refractivity contribution < 1.29 is 14.4 Å². The Hall–Kier alpha value is -2.96. The molecule has 0 unspecified atom stereocenters. The molecule has 1 aromatic heterocycles. The molecule has 2 heterocycles. The Morgan fingerprint density at radius 1 is 1.19 bits per heavy atom. The third kappa shape index (κ3) is 4.07. The second-order valence-electron chi connectivity index (χ2n) is 6.69. The van der Waals surface area contributed by atoms with E-state index in [4.69, 9.17) is 0 Å². The highest BCUT2D eigenvalue weighted by molar-refractivity contribution is 6.04. The van der Waals surface area contributed by atoms with E-state index >= 15 is 0 Å². The molecule has 1 aliphatic heterocycles. The highest BCUT2D eigenvalue weighted by Gasteiger charge is 2.27. The smallest absolute Gasteiger partial charge is 0.291 e. The Morgan fingerprint density at radius 3 is 2.74 bits per heavy atom. The maximum Gasteiger partial charge on any atom is 0.291 e. The molecule has 3 rings (SSSR count). The van der Waals surface area contributed by atoms with Crippen molar-refractivity contribution in [2.24, 2.45) is 0 Å². The summed E-state index contributed by atoms with van der Waals surface area (Å²) in [6.45, 7) is 4.70. The maximum atomic E-state index is 12.8. The highest BCUT2D eigenvalue weighted by atomic mass is 16.2. The number of hydrogen-bond donors (Lipinski definition) is 2. The summed E-state index contributed by atoms with van der Waals surface area (Å²) < 4.78 is 1.84. The van der Waals surface area contributed by atoms with Gasteiger partial charge in [-0.15, -0.1) is 0 Å². The standard InChI is InChI=1S/C20H24N4O3/c1-3-10-21-19(26)17-16-9-4-5-11-24(16)18(23-17)20(27)22-15-8-6-7-14(12-15)13(2)25/h6-8,12H,3-5,9-11H2,1-2H3,(H,21,26)(H,22,27). The van der Waals surface area contributed by atoms with E-state index in [1.165, 1.54) is 6.92 Å². The van der Waals surface area contributed by atoms with Gasteiger partial charge >= 0.3 is 0 Å². The van der Waals surface area contributed by atoms with E-state index in [1.807, 2.05) is 11.5 Å². The van der Waals surface area contributed by atoms with Gasteiger partial charge in [0.1, 0.15) is 5.69 Å². The summed E-state index contributed by atoms with van der Waals surface area (Å²) in [5.41, 5.74) is 2.21. The van der Waals surface area contributed by atoms with Gasteiger partial charge in [-0.2, -0.15) is 0 Å². The van der Waals surface area contributed by atoms with Crippen molar-refractivity contribution >= 4 is 23.3 Å². The number of carbonyl (C=O) groups is 3. The fraction of sp³-hybridized carbons (Fsp3) is 0.400. The number of rotatable bonds is 6. The molecule has 0 radical (unpaired) electrons. The first kappa shape index (κ1) is 18.8. The van der Waals surface area contributed by atoms with Crippen LogP contribution in [-0.2, 0) is 13.0 Å². The Balaban J connectivity index is 1.88. The number of Topliss-reactive ketones (excluding diaryl/α,β-unsaturated/α-hetero) is 1. The zero-order valence-corrected chi connectivity index (χ0v) is 15.7. The Labute approximate surface area is 158 Å². The van der Waals surface area contributed by atoms with Gasteiger partial charge < -0.3 is 15.2 Å². The van der Waals surface area contributed by atoms with Crippen LogP contribution in [0.5, 0.6) is 0 Å². The summed E-state index contributed by atoms with van der Waals surface area (Å²) in [6.07, 6.45) is 3.48. The number of nitrogens with zero attached hydrogens (tertiary/aromatic N) is 2. The van der Waals surface area contributed by atoms with Crippen LogP contribution in [0.2, 0.25) is 0 Å². The zero-order chi connectivity index (χ0) is 19.4. The quantitative estimate of drug-likeness (QED) is 0.767. The highest BCUT2D eigenvalue weighted by Crippen LogP contribution is 2.22. The third-order valence-electron chi connectivity index (χ3n) is 4.60. The van der Waals surface area contributed by atoms with Crippen LogP contribution in [0.15, 0.2) is 24.3 Å². The van der Waals surface area contributed by atoms with Gasteiger partial charge in [0.15, 0.2) is 11.6 Å². The van der Waals surface area contributed by atoms with Crippen molar-refractivity contribution in [1.82, 2.24) is 14.9 Å². The molecule has 142 valence electrons. The average molecular weight is 368 g/mol. The number of ketones is 1. The van der Waals surface area contributed by atoms with Gasteiger partial charge in [-0.25, -0.2) is 4.98 Å². The number of hydrogen-bond acceptors (Lipinski definition) is 4. The normalized spacial score (nSPS) is 13.0. The molecule has 1 aliphatic rings. The molecule has 0 fully saturated rings. The van der Waals surface area contributed by atoms with E-state index < -0.39 is 0 Å². The number of aromatic nitrogens is 2. The second kappa shape index (κ2) is 8.16. The molecule has 0 atom stereocenters. The number of carbonyl (C=O) groups excluding carboxylic acids is 3. The molecular formula is C20H24N4O3. The van der Waals surface area contributed by atoms with Gasteiger partial charge in [0, 0.05) is 24.3 Å². The van der Waals surface area contributed by atoms with Crippen molar-refractivity contribution in [2.75, 3.05) is 11.9 Å². The molecule has 7 nitrogen and oxygen atoms in total. The van der Waals surface area contributed by atoms with Gasteiger partial charge in [-0.3, -0.25) is 14.4 Å². The van der Waals surface area contributed by atoms with E-state index in [0.29, 0.717) is 30.0 Å². The largest absolute Gasteiger partial charge is 0.351 e. The molecule has 2 N–H and O–H groups in total. The number of fused-ring (bicyclic) bond motifs is 1. The minimum Gasteiger partial charge on any atom is -0.351 e. The van der Waals surface area contributed by atoms with E-state index in [2.05, 4.69) is 15.6 Å². The van der Waals surface area contributed by atoms with Crippen LogP contribution in [-0.4, -0.2) is 33.7 Å². The van der Waals surface area contributed by atoms with Crippen LogP contribution in [0.4, 0.5) is 5.69 Å². The Kier molecular flexibility index (Phi) is 5.69. The lowest BCUT2D eigenvalue weighted by atomic mass is 10.1. The fourth-order valence-electron chi connectivity index (χ4n) is 3.22. The molecule has 2 amide bonds. The lowest BCUT2D eigenvalue weighted by Crippen LogP contribution is -2.26. The minimum atomic E-state index is -0.381. The van der Waals surface area contributed by atoms with Gasteiger partial charge in [0.05, 0.1) is 5.69 Å². The SMILES string of the molecule is CCCNC(=O)c1nc(C(=O)Nc2cccc(C(C)=O)c2)n2c1CCCC2. The topological polar surface area (TPSA) is 93.1 Å². The summed E-state index contributed by atoms with van der Waals surface area (Å²) in [4.78, 5) is 41.1. The predicted molar refractivity (Wildman–Crippen MR) is 102 cm³/mol. The number of imidazole rings is 1. The number of amides is 2. The molecule has 0 spiro atoms. The molecule has 0 saturated heterocycles. The van der Waals surface area contributed by atoms with Crippen LogP contribution < -0.4 is 10.6 Å². The van der Waals surface area contributed by atoms with Crippen LogP contribution in [0.25, 0.3) is 0 Å². The van der Waals surface area contributed by atoms with E-state index in [0.717, 1.165) is 31.4 Å². The molecule has 7 heteroatoms. The zero-order valence-electron chi connectivity index (χ0n) is 15.7. The van der Waals surface area contributed by atoms with Crippen LogP contribution in [0, 0.1) is 0 Å². The van der Waals surface area contributed by atoms with Crippen molar-refractivity contribution in [3.8, 4) is 0 Å². The molecule has 0 saturated carbocycles. The molecule has 0 bridgehead atoms. The average Bonchev–Trinajstić information content (AvgIpc) is 3.06. The first-order valence-corrected chi connectivity index (χ1v) is 9.31. The van der Waals surface area contributed by atoms with Crippen LogP contribution in [0.1, 0.15) is 70.3 Å². The summed E-state index contributed by atoms with van der Waals surface area (Å²) >= 11 is 0. The van der Waals surface area contributed by atoms with Crippen molar-refractivity contribution in [3.63, 3.8) is 0 Å². The summed E-state index contributed by atoms with van der Waals surface area (Å²) in [6, 6.07) is 6.77. The fourth-order valence-corrected chi connectivity index (χ4v) is 3.22. The van der Waals surface area contributed by atoms with E-state index in [-0.39, 0.29) is 23.4 Å². The van der Waals surface area contributed by atoms with Crippen molar-refractivity contribution in [1.29, 1.82) is 0 Å². The monoisotopic (exact) mass is 368 g/mol. The van der Waals surface area contributed by atoms with Crippen molar-refractivity contribution in [2.45, 2.75) is 46.1 Å². The molecule has 0 aliphatic carbocycles. The number of benzene rings is 1. The van der Waals surface area contributed by atoms with Gasteiger partial charge in [0.25, 0.3) is 11.8 Å².